The van der Waals surface area contributed by atoms with Crippen LogP contribution in [0, 0.1) is 5.82 Å². The highest BCUT2D eigenvalue weighted by molar-refractivity contribution is 6.35. The molecule has 104 valence electrons. The van der Waals surface area contributed by atoms with E-state index in [1.54, 1.807) is 12.1 Å². The predicted molar refractivity (Wildman–Crippen MR) is 74.5 cm³/mol. The van der Waals surface area contributed by atoms with E-state index < -0.39 is 17.9 Å². The smallest absolute Gasteiger partial charge is 0.337 e. The molecular formula is C14H9Cl2FO3. The van der Waals surface area contributed by atoms with Gasteiger partial charge < -0.3 is 10.2 Å². The van der Waals surface area contributed by atoms with Gasteiger partial charge in [0.05, 0.1) is 0 Å². The number of benzene rings is 2. The molecule has 0 aliphatic heterocycles. The van der Waals surface area contributed by atoms with Crippen molar-refractivity contribution in [3.05, 3.63) is 57.8 Å². The predicted octanol–water partition coefficient (Wildman–Crippen LogP) is 3.92. The zero-order chi connectivity index (χ0) is 14.9. The van der Waals surface area contributed by atoms with Gasteiger partial charge in [-0.05, 0) is 29.8 Å². The minimum absolute atomic E-state index is 0.0445. The van der Waals surface area contributed by atoms with Crippen LogP contribution in [-0.2, 0) is 4.79 Å². The second-order valence-corrected chi connectivity index (χ2v) is 4.95. The fourth-order valence-electron chi connectivity index (χ4n) is 1.77. The molecule has 2 aromatic rings. The summed E-state index contributed by atoms with van der Waals surface area (Å²) in [4.78, 5) is 10.7. The van der Waals surface area contributed by atoms with Gasteiger partial charge in [0.2, 0.25) is 0 Å². The van der Waals surface area contributed by atoms with Crippen molar-refractivity contribution in [2.45, 2.75) is 6.10 Å². The van der Waals surface area contributed by atoms with Gasteiger partial charge in [-0.1, -0.05) is 35.3 Å². The molecule has 0 saturated heterocycles. The van der Waals surface area contributed by atoms with E-state index >= 15 is 0 Å². The molecule has 1 unspecified atom stereocenters. The number of halogens is 3. The van der Waals surface area contributed by atoms with E-state index in [1.807, 2.05) is 0 Å². The molecule has 3 nitrogen and oxygen atoms in total. The number of hydrogen-bond acceptors (Lipinski definition) is 2. The summed E-state index contributed by atoms with van der Waals surface area (Å²) in [6.45, 7) is 0. The van der Waals surface area contributed by atoms with E-state index in [9.17, 15) is 14.3 Å². The van der Waals surface area contributed by atoms with E-state index in [0.29, 0.717) is 15.6 Å². The van der Waals surface area contributed by atoms with E-state index in [2.05, 4.69) is 0 Å². The monoisotopic (exact) mass is 314 g/mol. The van der Waals surface area contributed by atoms with Gasteiger partial charge >= 0.3 is 5.97 Å². The van der Waals surface area contributed by atoms with E-state index in [4.69, 9.17) is 28.3 Å². The summed E-state index contributed by atoms with van der Waals surface area (Å²) in [7, 11) is 0. The van der Waals surface area contributed by atoms with Gasteiger partial charge in [0.15, 0.2) is 6.10 Å². The van der Waals surface area contributed by atoms with Crippen molar-refractivity contribution in [2.24, 2.45) is 0 Å². The van der Waals surface area contributed by atoms with Gasteiger partial charge in [0, 0.05) is 21.2 Å². The van der Waals surface area contributed by atoms with Crippen molar-refractivity contribution < 1.29 is 19.4 Å². The second-order valence-electron chi connectivity index (χ2n) is 4.10. The maximum Gasteiger partial charge on any atom is 0.337 e. The number of hydrogen-bond donors (Lipinski definition) is 2. The maximum atomic E-state index is 14.1. The first kappa shape index (κ1) is 14.8. The molecule has 0 amide bonds. The maximum absolute atomic E-state index is 14.1. The topological polar surface area (TPSA) is 57.5 Å². The molecule has 0 radical (unpaired) electrons. The number of aliphatic carboxylic acids is 1. The summed E-state index contributed by atoms with van der Waals surface area (Å²) in [6.07, 6.45) is -1.77. The Labute approximate surface area is 124 Å². The molecule has 0 aromatic heterocycles. The lowest BCUT2D eigenvalue weighted by Gasteiger charge is -2.10. The molecule has 0 spiro atoms. The standard InChI is InChI=1S/C14H9Cl2FO3/c15-8-2-4-11(16)10(6-8)9-3-1-7(5-12(9)17)13(18)14(19)20/h1-6,13,18H,(H,19,20). The Balaban J connectivity index is 2.49. The van der Waals surface area contributed by atoms with Gasteiger partial charge in [-0.25, -0.2) is 9.18 Å². The van der Waals surface area contributed by atoms with Crippen LogP contribution in [0.5, 0.6) is 0 Å². The summed E-state index contributed by atoms with van der Waals surface area (Å²) in [5.74, 6) is -2.13. The fraction of sp³-hybridized carbons (Fsp3) is 0.0714. The molecule has 2 rings (SSSR count). The van der Waals surface area contributed by atoms with Gasteiger partial charge in [-0.15, -0.1) is 0 Å². The molecule has 20 heavy (non-hydrogen) atoms. The molecular weight excluding hydrogens is 306 g/mol. The Morgan fingerprint density at radius 3 is 2.40 bits per heavy atom. The summed E-state index contributed by atoms with van der Waals surface area (Å²) in [5.41, 5.74) is 0.531. The summed E-state index contributed by atoms with van der Waals surface area (Å²) >= 11 is 11.8. The Morgan fingerprint density at radius 2 is 1.80 bits per heavy atom. The summed E-state index contributed by atoms with van der Waals surface area (Å²) < 4.78 is 14.1. The SMILES string of the molecule is O=C(O)C(O)c1ccc(-c2cc(Cl)ccc2Cl)c(F)c1. The van der Waals surface area contributed by atoms with Crippen LogP contribution in [0.1, 0.15) is 11.7 Å². The van der Waals surface area contributed by atoms with Gasteiger partial charge in [-0.2, -0.15) is 0 Å². The molecule has 2 N–H and O–H groups in total. The zero-order valence-electron chi connectivity index (χ0n) is 9.98. The van der Waals surface area contributed by atoms with Crippen LogP contribution in [0.3, 0.4) is 0 Å². The molecule has 1 atom stereocenters. The lowest BCUT2D eigenvalue weighted by molar-refractivity contribution is -0.146. The van der Waals surface area contributed by atoms with Crippen LogP contribution < -0.4 is 0 Å². The van der Waals surface area contributed by atoms with Gasteiger partial charge in [0.1, 0.15) is 5.82 Å². The molecule has 0 aliphatic carbocycles. The first-order chi connectivity index (χ1) is 9.40. The van der Waals surface area contributed by atoms with E-state index in [0.717, 1.165) is 6.07 Å². The van der Waals surface area contributed by atoms with Gasteiger partial charge in [0.25, 0.3) is 0 Å². The van der Waals surface area contributed by atoms with Crippen molar-refractivity contribution in [1.29, 1.82) is 0 Å². The molecule has 0 aliphatic rings. The highest BCUT2D eigenvalue weighted by atomic mass is 35.5. The normalized spacial score (nSPS) is 12.2. The van der Waals surface area contributed by atoms with Crippen molar-refractivity contribution in [3.63, 3.8) is 0 Å². The Morgan fingerprint density at radius 1 is 1.10 bits per heavy atom. The third-order valence-electron chi connectivity index (χ3n) is 2.76. The average molecular weight is 315 g/mol. The third kappa shape index (κ3) is 2.93. The number of carboxylic acids is 1. The molecule has 0 bridgehead atoms. The highest BCUT2D eigenvalue weighted by Gasteiger charge is 2.18. The lowest BCUT2D eigenvalue weighted by atomic mass is 10.0. The molecule has 6 heteroatoms. The largest absolute Gasteiger partial charge is 0.479 e. The van der Waals surface area contributed by atoms with Gasteiger partial charge in [-0.3, -0.25) is 0 Å². The minimum Gasteiger partial charge on any atom is -0.479 e. The van der Waals surface area contributed by atoms with Crippen LogP contribution in [0.15, 0.2) is 36.4 Å². The Hall–Kier alpha value is -1.62. The van der Waals surface area contributed by atoms with Crippen LogP contribution >= 0.6 is 23.2 Å². The average Bonchev–Trinajstić information content (AvgIpc) is 2.40. The summed E-state index contributed by atoms with van der Waals surface area (Å²) in [5, 5.41) is 18.8. The number of aliphatic hydroxyl groups excluding tert-OH is 1. The molecule has 2 aromatic carbocycles. The molecule has 0 heterocycles. The number of carboxylic acid groups (broad SMARTS) is 1. The van der Waals surface area contributed by atoms with E-state index in [-0.39, 0.29) is 11.1 Å². The van der Waals surface area contributed by atoms with E-state index in [1.165, 1.54) is 18.2 Å². The van der Waals surface area contributed by atoms with Crippen molar-refractivity contribution >= 4 is 29.2 Å². The minimum atomic E-state index is -1.77. The quantitative estimate of drug-likeness (QED) is 0.902. The molecule has 0 fully saturated rings. The van der Waals surface area contributed by atoms with Crippen molar-refractivity contribution in [2.75, 3.05) is 0 Å². The van der Waals surface area contributed by atoms with Crippen molar-refractivity contribution in [1.82, 2.24) is 0 Å². The number of carbonyl (C=O) groups is 1. The zero-order valence-corrected chi connectivity index (χ0v) is 11.5. The third-order valence-corrected chi connectivity index (χ3v) is 3.33. The highest BCUT2D eigenvalue weighted by Crippen LogP contribution is 2.33. The van der Waals surface area contributed by atoms with Crippen LogP contribution in [0.4, 0.5) is 4.39 Å². The van der Waals surface area contributed by atoms with Crippen LogP contribution in [0.2, 0.25) is 10.0 Å². The summed E-state index contributed by atoms with van der Waals surface area (Å²) in [6, 6.07) is 8.27. The van der Waals surface area contributed by atoms with Crippen molar-refractivity contribution in [3.8, 4) is 11.1 Å². The first-order valence-corrected chi connectivity index (χ1v) is 6.31. The lowest BCUT2D eigenvalue weighted by Crippen LogP contribution is -2.10. The number of aliphatic hydroxyl groups is 1. The Bertz CT molecular complexity index is 673. The first-order valence-electron chi connectivity index (χ1n) is 5.56. The van der Waals surface area contributed by atoms with Crippen LogP contribution in [0.25, 0.3) is 11.1 Å². The fourth-order valence-corrected chi connectivity index (χ4v) is 2.16. The Kier molecular flexibility index (Phi) is 4.28. The second kappa shape index (κ2) is 5.79. The number of rotatable bonds is 3. The van der Waals surface area contributed by atoms with Crippen LogP contribution in [-0.4, -0.2) is 16.2 Å². The molecule has 0 saturated carbocycles.